The zero-order chi connectivity index (χ0) is 40.8. The molecule has 62 heavy (non-hydrogen) atoms. The highest BCUT2D eigenvalue weighted by Gasteiger charge is 2.51. The lowest BCUT2D eigenvalue weighted by molar-refractivity contribution is 0.794. The number of fused-ring (bicyclic) bond motifs is 13. The monoisotopic (exact) mass is 805 g/mol. The molecule has 0 fully saturated rings. The van der Waals surface area contributed by atoms with Crippen molar-refractivity contribution < 1.29 is 0 Å². The van der Waals surface area contributed by atoms with Gasteiger partial charge in [0.15, 0.2) is 17.5 Å². The Labute approximate surface area is 363 Å². The van der Waals surface area contributed by atoms with E-state index in [1.54, 1.807) is 0 Å². The second-order valence-electron chi connectivity index (χ2n) is 16.3. The summed E-state index contributed by atoms with van der Waals surface area (Å²) < 4.78 is 2.59. The van der Waals surface area contributed by atoms with Gasteiger partial charge in [-0.15, -0.1) is 11.3 Å². The Bertz CT molecular complexity index is 3560. The van der Waals surface area contributed by atoms with Crippen LogP contribution in [0.25, 0.3) is 98.8 Å². The van der Waals surface area contributed by atoms with Gasteiger partial charge in [0.1, 0.15) is 0 Å². The fourth-order valence-corrected chi connectivity index (χ4v) is 11.4. The van der Waals surface area contributed by atoms with Crippen molar-refractivity contribution >= 4 is 31.5 Å². The summed E-state index contributed by atoms with van der Waals surface area (Å²) in [7, 11) is 0. The Morgan fingerprint density at radius 2 is 0.758 bits per heavy atom. The van der Waals surface area contributed by atoms with E-state index in [-0.39, 0.29) is 0 Å². The van der Waals surface area contributed by atoms with Gasteiger partial charge in [0.2, 0.25) is 0 Å². The summed E-state index contributed by atoms with van der Waals surface area (Å²) in [5.41, 5.74) is 17.5. The third-order valence-electron chi connectivity index (χ3n) is 13.0. The Morgan fingerprint density at radius 3 is 1.48 bits per heavy atom. The minimum atomic E-state index is -0.404. The number of rotatable bonds is 5. The Balaban J connectivity index is 0.954. The van der Waals surface area contributed by atoms with Crippen molar-refractivity contribution in [2.45, 2.75) is 5.41 Å². The third kappa shape index (κ3) is 5.14. The van der Waals surface area contributed by atoms with Crippen LogP contribution in [0.2, 0.25) is 0 Å². The molecule has 0 radical (unpaired) electrons. The molecular weight excluding hydrogens is 771 g/mol. The van der Waals surface area contributed by atoms with E-state index in [0.717, 1.165) is 27.8 Å². The van der Waals surface area contributed by atoms with Gasteiger partial charge in [-0.25, -0.2) is 15.0 Å². The van der Waals surface area contributed by atoms with Gasteiger partial charge in [0.25, 0.3) is 0 Å². The number of benzene rings is 9. The molecule has 9 aromatic carbocycles. The molecule has 0 bridgehead atoms. The third-order valence-corrected chi connectivity index (χ3v) is 14.1. The van der Waals surface area contributed by atoms with Crippen molar-refractivity contribution in [1.29, 1.82) is 0 Å². The van der Waals surface area contributed by atoms with Crippen molar-refractivity contribution in [1.82, 2.24) is 15.0 Å². The molecule has 0 N–H and O–H groups in total. The highest BCUT2D eigenvalue weighted by atomic mass is 32.1. The standard InChI is InChI=1S/C58H35N3S/c1-2-15-36(16-3-1)55-59-56(40-19-12-17-37(33-40)38-31-32-46-45-23-7-11-30-52(45)62-53(46)35-38)61-57(60-55)41-20-13-18-39(34-41)42-25-14-29-51-54(42)47-24-6-10-28-50(47)58(51)48-26-8-4-21-43(48)44-22-5-9-27-49(44)58/h1-35H. The molecule has 1 spiro atoms. The van der Waals surface area contributed by atoms with E-state index in [2.05, 4.69) is 194 Å². The SMILES string of the molecule is c1ccc(-c2nc(-c3cccc(-c4ccc5c(c4)sc4ccccc45)c3)nc(-c3cccc(-c4cccc5c4-c4ccccc4C54c5ccccc5-c5ccccc54)c3)n2)cc1. The molecule has 288 valence electrons. The average molecular weight is 806 g/mol. The molecule has 2 aromatic heterocycles. The van der Waals surface area contributed by atoms with Crippen LogP contribution in [0.5, 0.6) is 0 Å². The van der Waals surface area contributed by atoms with Crippen LogP contribution in [0.15, 0.2) is 212 Å². The van der Waals surface area contributed by atoms with Gasteiger partial charge in [-0.05, 0) is 91.0 Å². The second kappa shape index (κ2) is 13.6. The maximum absolute atomic E-state index is 5.24. The van der Waals surface area contributed by atoms with E-state index >= 15 is 0 Å². The van der Waals surface area contributed by atoms with E-state index < -0.39 is 5.41 Å². The maximum Gasteiger partial charge on any atom is 0.164 e. The van der Waals surface area contributed by atoms with Crippen LogP contribution in [-0.2, 0) is 5.41 Å². The van der Waals surface area contributed by atoms with Crippen LogP contribution >= 0.6 is 11.3 Å². The molecule has 3 nitrogen and oxygen atoms in total. The van der Waals surface area contributed by atoms with Crippen molar-refractivity contribution in [3.63, 3.8) is 0 Å². The van der Waals surface area contributed by atoms with Gasteiger partial charge in [-0.2, -0.15) is 0 Å². The van der Waals surface area contributed by atoms with Crippen molar-refractivity contribution in [3.8, 4) is 78.7 Å². The van der Waals surface area contributed by atoms with E-state index in [1.807, 2.05) is 29.5 Å². The largest absolute Gasteiger partial charge is 0.208 e. The van der Waals surface area contributed by atoms with Gasteiger partial charge < -0.3 is 0 Å². The zero-order valence-corrected chi connectivity index (χ0v) is 34.3. The fraction of sp³-hybridized carbons (Fsp3) is 0.0172. The van der Waals surface area contributed by atoms with Crippen LogP contribution < -0.4 is 0 Å². The quantitative estimate of drug-likeness (QED) is 0.174. The molecular formula is C58H35N3S. The molecule has 0 aliphatic heterocycles. The fourth-order valence-electron chi connectivity index (χ4n) is 10.3. The smallest absolute Gasteiger partial charge is 0.164 e. The predicted molar refractivity (Wildman–Crippen MR) is 256 cm³/mol. The first-order valence-electron chi connectivity index (χ1n) is 21.1. The normalized spacial score (nSPS) is 13.0. The number of hydrogen-bond acceptors (Lipinski definition) is 4. The molecule has 0 unspecified atom stereocenters. The van der Waals surface area contributed by atoms with E-state index in [4.69, 9.17) is 15.0 Å². The predicted octanol–water partition coefficient (Wildman–Crippen LogP) is 14.9. The van der Waals surface area contributed by atoms with Crippen LogP contribution in [0.3, 0.4) is 0 Å². The molecule has 0 amide bonds. The summed E-state index contributed by atoms with van der Waals surface area (Å²) in [6, 6.07) is 76.8. The van der Waals surface area contributed by atoms with Crippen molar-refractivity contribution in [3.05, 3.63) is 235 Å². The molecule has 0 saturated heterocycles. The lowest BCUT2D eigenvalue weighted by Crippen LogP contribution is -2.25. The number of aromatic nitrogens is 3. The van der Waals surface area contributed by atoms with Crippen LogP contribution in [0.1, 0.15) is 22.3 Å². The van der Waals surface area contributed by atoms with Crippen LogP contribution in [0, 0.1) is 0 Å². The summed E-state index contributed by atoms with van der Waals surface area (Å²) in [5.74, 6) is 1.91. The second-order valence-corrected chi connectivity index (χ2v) is 17.3. The molecule has 11 aromatic rings. The molecule has 2 heterocycles. The topological polar surface area (TPSA) is 38.7 Å². The number of nitrogens with zero attached hydrogens (tertiary/aromatic N) is 3. The lowest BCUT2D eigenvalue weighted by Gasteiger charge is -2.30. The van der Waals surface area contributed by atoms with E-state index in [9.17, 15) is 0 Å². The van der Waals surface area contributed by atoms with Crippen LogP contribution in [0.4, 0.5) is 0 Å². The Morgan fingerprint density at radius 1 is 0.290 bits per heavy atom. The summed E-state index contributed by atoms with van der Waals surface area (Å²) in [4.78, 5) is 15.5. The molecule has 13 rings (SSSR count). The molecule has 0 saturated carbocycles. The molecule has 4 heteroatoms. The van der Waals surface area contributed by atoms with Gasteiger partial charge in [-0.3, -0.25) is 0 Å². The lowest BCUT2D eigenvalue weighted by atomic mass is 9.70. The number of hydrogen-bond donors (Lipinski definition) is 0. The highest BCUT2D eigenvalue weighted by Crippen LogP contribution is 2.64. The van der Waals surface area contributed by atoms with Crippen molar-refractivity contribution in [2.24, 2.45) is 0 Å². The minimum Gasteiger partial charge on any atom is -0.208 e. The Kier molecular flexibility index (Phi) is 7.69. The van der Waals surface area contributed by atoms with E-state index in [1.165, 1.54) is 75.8 Å². The molecule has 2 aliphatic rings. The van der Waals surface area contributed by atoms with Crippen LogP contribution in [-0.4, -0.2) is 15.0 Å². The minimum absolute atomic E-state index is 0.404. The zero-order valence-electron chi connectivity index (χ0n) is 33.5. The summed E-state index contributed by atoms with van der Waals surface area (Å²) in [6.07, 6.45) is 0. The summed E-state index contributed by atoms with van der Waals surface area (Å²) in [6.45, 7) is 0. The molecule has 0 atom stereocenters. The van der Waals surface area contributed by atoms with E-state index in [0.29, 0.717) is 17.5 Å². The van der Waals surface area contributed by atoms with Gasteiger partial charge in [-0.1, -0.05) is 188 Å². The van der Waals surface area contributed by atoms with Gasteiger partial charge in [0.05, 0.1) is 5.41 Å². The average Bonchev–Trinajstić information content (AvgIpc) is 3.98. The first-order valence-corrected chi connectivity index (χ1v) is 21.9. The summed E-state index contributed by atoms with van der Waals surface area (Å²) >= 11 is 1.84. The first kappa shape index (κ1) is 35.0. The van der Waals surface area contributed by atoms with Crippen molar-refractivity contribution in [2.75, 3.05) is 0 Å². The highest BCUT2D eigenvalue weighted by molar-refractivity contribution is 7.25. The first-order chi connectivity index (χ1) is 30.7. The van der Waals surface area contributed by atoms with Gasteiger partial charge in [0, 0.05) is 36.9 Å². The number of thiophene rings is 1. The maximum atomic E-state index is 5.24. The summed E-state index contributed by atoms with van der Waals surface area (Å²) in [5, 5.41) is 2.60. The Hall–Kier alpha value is -7.79. The molecule has 2 aliphatic carbocycles. The van der Waals surface area contributed by atoms with Gasteiger partial charge >= 0.3 is 0 Å².